The number of hydrogen-bond acceptors (Lipinski definition) is 0. The lowest BCUT2D eigenvalue weighted by Crippen LogP contribution is -2.11. The Kier molecular flexibility index (Phi) is 5.02. The van der Waals surface area contributed by atoms with Gasteiger partial charge in [0.2, 0.25) is 0 Å². The van der Waals surface area contributed by atoms with Crippen LogP contribution in [0.5, 0.6) is 0 Å². The molecule has 0 radical (unpaired) electrons. The van der Waals surface area contributed by atoms with Crippen LogP contribution < -0.4 is 0 Å². The van der Waals surface area contributed by atoms with Gasteiger partial charge in [-0.2, -0.15) is 0 Å². The lowest BCUT2D eigenvalue weighted by molar-refractivity contribution is 0.295. The third kappa shape index (κ3) is 3.29. The molecule has 0 atom stereocenters. The first-order chi connectivity index (χ1) is 11.9. The van der Waals surface area contributed by atoms with Gasteiger partial charge in [0.1, 0.15) is 0 Å². The molecule has 0 N–H and O–H groups in total. The maximum atomic E-state index is 2.18. The Morgan fingerprint density at radius 1 is 0.417 bits per heavy atom. The summed E-state index contributed by atoms with van der Waals surface area (Å²) in [5.41, 5.74) is 0. The zero-order chi connectivity index (χ0) is 16.2. The van der Waals surface area contributed by atoms with Crippen LogP contribution in [0.4, 0.5) is 0 Å². The summed E-state index contributed by atoms with van der Waals surface area (Å²) >= 11 is 0. The van der Waals surface area contributed by atoms with Crippen LogP contribution >= 0.6 is 0 Å². The minimum absolute atomic E-state index is 1.13. The highest BCUT2D eigenvalue weighted by molar-refractivity contribution is 5.28. The standard InChI is InChI=1S/C12H8.C12H22/c1-2-6-10-9(5-1)11-7-3-4-8-12(10)11;1-3-7-11-9-5-2-6-10-12(11)8-4-1/h1-8H;11-12H,1-10H2. The van der Waals surface area contributed by atoms with Crippen LogP contribution in [0.1, 0.15) is 64.2 Å². The third-order valence-corrected chi connectivity index (χ3v) is 6.40. The van der Waals surface area contributed by atoms with E-state index in [0.717, 1.165) is 11.8 Å². The molecule has 3 aliphatic rings. The highest BCUT2D eigenvalue weighted by Crippen LogP contribution is 2.37. The molecule has 0 saturated heterocycles. The SMILES string of the molecule is C1CCC2CCCCCC2CC1.c1ccc2c(c1)=c1ccccc1=2. The van der Waals surface area contributed by atoms with Crippen molar-refractivity contribution in [2.75, 3.05) is 0 Å². The van der Waals surface area contributed by atoms with Crippen molar-refractivity contribution in [3.8, 4) is 0 Å². The van der Waals surface area contributed by atoms with Gasteiger partial charge in [0.15, 0.2) is 0 Å². The van der Waals surface area contributed by atoms with Crippen molar-refractivity contribution >= 4 is 0 Å². The molecule has 24 heavy (non-hydrogen) atoms. The van der Waals surface area contributed by atoms with Crippen molar-refractivity contribution in [3.63, 3.8) is 0 Å². The fourth-order valence-electron chi connectivity index (χ4n) is 5.05. The average molecular weight is 319 g/mol. The van der Waals surface area contributed by atoms with Crippen LogP contribution in [-0.4, -0.2) is 0 Å². The van der Waals surface area contributed by atoms with Crippen LogP contribution in [0.25, 0.3) is 0 Å². The predicted octanol–water partition coefficient (Wildman–Crippen LogP) is 6.72. The summed E-state index contributed by atoms with van der Waals surface area (Å²) in [7, 11) is 0. The second-order valence-corrected chi connectivity index (χ2v) is 7.89. The summed E-state index contributed by atoms with van der Waals surface area (Å²) in [6.45, 7) is 0. The molecule has 2 fully saturated rings. The minimum Gasteiger partial charge on any atom is -0.0616 e. The number of rotatable bonds is 0. The van der Waals surface area contributed by atoms with Crippen LogP contribution in [0.2, 0.25) is 0 Å². The third-order valence-electron chi connectivity index (χ3n) is 6.40. The van der Waals surface area contributed by atoms with Crippen LogP contribution in [0.15, 0.2) is 48.5 Å². The van der Waals surface area contributed by atoms with E-state index < -0.39 is 0 Å². The van der Waals surface area contributed by atoms with Gasteiger partial charge in [-0.25, -0.2) is 0 Å². The molecular formula is C24H30. The molecule has 0 spiro atoms. The highest BCUT2D eigenvalue weighted by atomic mass is 14.3. The quantitative estimate of drug-likeness (QED) is 0.431. The van der Waals surface area contributed by atoms with Gasteiger partial charge >= 0.3 is 0 Å². The van der Waals surface area contributed by atoms with E-state index in [1.807, 2.05) is 0 Å². The summed E-state index contributed by atoms with van der Waals surface area (Å²) in [4.78, 5) is 0. The second-order valence-electron chi connectivity index (χ2n) is 7.89. The van der Waals surface area contributed by atoms with E-state index in [9.17, 15) is 0 Å². The van der Waals surface area contributed by atoms with E-state index >= 15 is 0 Å². The molecule has 3 aliphatic carbocycles. The van der Waals surface area contributed by atoms with Crippen molar-refractivity contribution in [1.29, 1.82) is 0 Å². The Morgan fingerprint density at radius 3 is 1.00 bits per heavy atom. The smallest absolute Gasteiger partial charge is 0.00990 e. The number of fused-ring (bicyclic) bond motifs is 3. The van der Waals surface area contributed by atoms with Crippen molar-refractivity contribution in [2.45, 2.75) is 64.2 Å². The fraction of sp³-hybridized carbons (Fsp3) is 0.500. The van der Waals surface area contributed by atoms with Gasteiger partial charge in [0.05, 0.1) is 0 Å². The molecule has 2 aromatic carbocycles. The summed E-state index contributed by atoms with van der Waals surface area (Å²) in [5, 5.41) is 5.59. The van der Waals surface area contributed by atoms with E-state index in [0.29, 0.717) is 0 Å². The topological polar surface area (TPSA) is 0 Å². The van der Waals surface area contributed by atoms with Gasteiger partial charge in [-0.3, -0.25) is 0 Å². The second kappa shape index (κ2) is 7.55. The normalized spacial score (nSPS) is 24.7. The van der Waals surface area contributed by atoms with Crippen molar-refractivity contribution in [3.05, 3.63) is 69.4 Å². The molecule has 2 aromatic rings. The predicted molar refractivity (Wildman–Crippen MR) is 101 cm³/mol. The molecule has 5 rings (SSSR count). The Hall–Kier alpha value is -1.56. The van der Waals surface area contributed by atoms with E-state index in [4.69, 9.17) is 0 Å². The Morgan fingerprint density at radius 2 is 0.708 bits per heavy atom. The van der Waals surface area contributed by atoms with E-state index in [1.165, 1.54) is 59.4 Å². The molecule has 0 aromatic heterocycles. The molecule has 0 aliphatic heterocycles. The zero-order valence-electron chi connectivity index (χ0n) is 14.8. The summed E-state index contributed by atoms with van der Waals surface area (Å²) in [5.74, 6) is 2.27. The van der Waals surface area contributed by atoms with E-state index in [-0.39, 0.29) is 0 Å². The summed E-state index contributed by atoms with van der Waals surface area (Å²) in [6, 6.07) is 17.1. The molecular weight excluding hydrogens is 288 g/mol. The fourth-order valence-corrected chi connectivity index (χ4v) is 5.05. The van der Waals surface area contributed by atoms with Crippen molar-refractivity contribution in [2.24, 2.45) is 11.8 Å². The highest BCUT2D eigenvalue weighted by Gasteiger charge is 2.24. The molecule has 0 unspecified atom stereocenters. The maximum absolute atomic E-state index is 2.18. The van der Waals surface area contributed by atoms with Gasteiger partial charge in [0, 0.05) is 0 Å². The average Bonchev–Trinajstić information content (AvgIpc) is 2.97. The molecule has 0 nitrogen and oxygen atoms in total. The first kappa shape index (κ1) is 15.9. The van der Waals surface area contributed by atoms with Gasteiger partial charge in [0.25, 0.3) is 0 Å². The van der Waals surface area contributed by atoms with Gasteiger partial charge in [-0.05, 0) is 32.7 Å². The van der Waals surface area contributed by atoms with Crippen molar-refractivity contribution < 1.29 is 0 Å². The summed E-state index contributed by atoms with van der Waals surface area (Å²) < 4.78 is 0. The van der Waals surface area contributed by atoms with Gasteiger partial charge in [-0.1, -0.05) is 113 Å². The molecule has 2 saturated carbocycles. The Labute approximate surface area is 145 Å². The molecule has 0 heterocycles. The van der Waals surface area contributed by atoms with E-state index in [2.05, 4.69) is 48.5 Å². The molecule has 0 amide bonds. The lowest BCUT2D eigenvalue weighted by Gasteiger charge is -2.21. The van der Waals surface area contributed by atoms with Gasteiger partial charge < -0.3 is 0 Å². The molecule has 126 valence electrons. The molecule has 0 bridgehead atoms. The first-order valence-corrected chi connectivity index (χ1v) is 10.1. The maximum Gasteiger partial charge on any atom is -0.00990 e. The molecule has 0 heteroatoms. The number of hydrogen-bond donors (Lipinski definition) is 0. The monoisotopic (exact) mass is 318 g/mol. The van der Waals surface area contributed by atoms with Crippen LogP contribution in [-0.2, 0) is 0 Å². The van der Waals surface area contributed by atoms with E-state index in [1.54, 1.807) is 25.7 Å². The van der Waals surface area contributed by atoms with Crippen LogP contribution in [0, 0.1) is 32.7 Å². The Bertz CT molecular complexity index is 686. The lowest BCUT2D eigenvalue weighted by atomic mass is 9.84. The van der Waals surface area contributed by atoms with Crippen molar-refractivity contribution in [1.82, 2.24) is 0 Å². The largest absolute Gasteiger partial charge is 0.0616 e. The summed E-state index contributed by atoms with van der Waals surface area (Å²) in [6.07, 6.45) is 15.4. The Balaban J connectivity index is 0.000000121. The minimum atomic E-state index is 1.13. The zero-order valence-corrected chi connectivity index (χ0v) is 14.8. The van der Waals surface area contributed by atoms with Crippen LogP contribution in [0.3, 0.4) is 0 Å². The first-order valence-electron chi connectivity index (χ1n) is 10.1. The van der Waals surface area contributed by atoms with Gasteiger partial charge in [-0.15, -0.1) is 0 Å². The number of benzene rings is 2.